The Balaban J connectivity index is 1.59. The summed E-state index contributed by atoms with van der Waals surface area (Å²) in [6.07, 6.45) is 3.33. The molecule has 27 heavy (non-hydrogen) atoms. The zero-order valence-corrected chi connectivity index (χ0v) is 14.9. The molecule has 0 aliphatic rings. The zero-order valence-electron chi connectivity index (χ0n) is 14.2. The zero-order chi connectivity index (χ0) is 18.6. The predicted molar refractivity (Wildman–Crippen MR) is 109 cm³/mol. The molecule has 0 aliphatic carbocycles. The van der Waals surface area contributed by atoms with Crippen LogP contribution in [0.3, 0.4) is 0 Å². The number of rotatable bonds is 4. The Labute approximate surface area is 161 Å². The van der Waals surface area contributed by atoms with Gasteiger partial charge in [0.05, 0.1) is 21.9 Å². The monoisotopic (exact) mass is 374 g/mol. The van der Waals surface area contributed by atoms with Gasteiger partial charge in [-0.05, 0) is 36.4 Å². The van der Waals surface area contributed by atoms with Crippen LogP contribution in [0, 0.1) is 0 Å². The summed E-state index contributed by atoms with van der Waals surface area (Å²) in [6.45, 7) is 0. The average Bonchev–Trinajstić information content (AvgIpc) is 2.70. The Morgan fingerprint density at radius 2 is 1.67 bits per heavy atom. The Morgan fingerprint density at radius 1 is 0.852 bits per heavy atom. The number of pyridine rings is 2. The van der Waals surface area contributed by atoms with Crippen molar-refractivity contribution in [3.8, 4) is 0 Å². The minimum atomic E-state index is -0.260. The van der Waals surface area contributed by atoms with Gasteiger partial charge < -0.3 is 10.6 Å². The second-order valence-corrected chi connectivity index (χ2v) is 6.28. The quantitative estimate of drug-likeness (QED) is 0.510. The number of amides is 1. The van der Waals surface area contributed by atoms with E-state index in [9.17, 15) is 4.79 Å². The van der Waals surface area contributed by atoms with Crippen LogP contribution in [0.25, 0.3) is 10.9 Å². The molecule has 2 aromatic heterocycles. The summed E-state index contributed by atoms with van der Waals surface area (Å²) in [5.41, 5.74) is 2.70. The molecule has 0 bridgehead atoms. The van der Waals surface area contributed by atoms with Crippen molar-refractivity contribution in [3.05, 3.63) is 89.7 Å². The molecule has 5 nitrogen and oxygen atoms in total. The van der Waals surface area contributed by atoms with Crippen LogP contribution in [0.15, 0.2) is 79.1 Å². The Hall–Kier alpha value is -3.44. The first-order valence-electron chi connectivity index (χ1n) is 8.33. The third-order valence-corrected chi connectivity index (χ3v) is 4.37. The van der Waals surface area contributed by atoms with Crippen LogP contribution in [0.2, 0.25) is 5.02 Å². The molecular weight excluding hydrogens is 360 g/mol. The van der Waals surface area contributed by atoms with Crippen LogP contribution >= 0.6 is 11.6 Å². The number of nitrogens with one attached hydrogen (secondary N) is 2. The summed E-state index contributed by atoms with van der Waals surface area (Å²) in [4.78, 5) is 21.3. The van der Waals surface area contributed by atoms with Gasteiger partial charge in [-0.1, -0.05) is 41.9 Å². The normalized spacial score (nSPS) is 10.6. The highest BCUT2D eigenvalue weighted by Crippen LogP contribution is 2.25. The third-order valence-electron chi connectivity index (χ3n) is 4.04. The fourth-order valence-corrected chi connectivity index (χ4v) is 2.92. The maximum absolute atomic E-state index is 12.5. The summed E-state index contributed by atoms with van der Waals surface area (Å²) in [6, 6.07) is 20.2. The SMILES string of the molecule is O=C(Nc1ccccc1Cl)c1ccnc(Nc2cccc3cccnc23)c1. The molecule has 4 rings (SSSR count). The second-order valence-electron chi connectivity index (χ2n) is 5.87. The van der Waals surface area contributed by atoms with Gasteiger partial charge in [0.25, 0.3) is 5.91 Å². The van der Waals surface area contributed by atoms with Crippen LogP contribution in [0.1, 0.15) is 10.4 Å². The molecule has 0 atom stereocenters. The van der Waals surface area contributed by atoms with Crippen molar-refractivity contribution in [1.82, 2.24) is 9.97 Å². The highest BCUT2D eigenvalue weighted by molar-refractivity contribution is 6.33. The molecule has 6 heteroatoms. The van der Waals surface area contributed by atoms with Gasteiger partial charge in [-0.25, -0.2) is 4.98 Å². The number of carbonyl (C=O) groups excluding carboxylic acids is 1. The molecule has 0 fully saturated rings. The maximum atomic E-state index is 12.5. The van der Waals surface area contributed by atoms with E-state index < -0.39 is 0 Å². The molecular formula is C21H15ClN4O. The van der Waals surface area contributed by atoms with E-state index in [-0.39, 0.29) is 5.91 Å². The summed E-state index contributed by atoms with van der Waals surface area (Å²) in [5, 5.41) is 7.56. The summed E-state index contributed by atoms with van der Waals surface area (Å²) in [5.74, 6) is 0.296. The Morgan fingerprint density at radius 3 is 2.56 bits per heavy atom. The number of halogens is 1. The smallest absolute Gasteiger partial charge is 0.255 e. The highest BCUT2D eigenvalue weighted by atomic mass is 35.5. The molecule has 0 aliphatic heterocycles. The van der Waals surface area contributed by atoms with Crippen LogP contribution in [0.4, 0.5) is 17.2 Å². The standard InChI is InChI=1S/C21H15ClN4O/c22-16-7-1-2-8-17(16)26-21(27)15-10-12-23-19(13-15)25-18-9-3-5-14-6-4-11-24-20(14)18/h1-13H,(H,23,25)(H,26,27). The lowest BCUT2D eigenvalue weighted by molar-refractivity contribution is 0.102. The molecule has 2 aromatic carbocycles. The lowest BCUT2D eigenvalue weighted by Gasteiger charge is -2.10. The largest absolute Gasteiger partial charge is 0.338 e. The van der Waals surface area contributed by atoms with Crippen molar-refractivity contribution in [2.24, 2.45) is 0 Å². The van der Waals surface area contributed by atoms with Crippen LogP contribution < -0.4 is 10.6 Å². The number of nitrogens with zero attached hydrogens (tertiary/aromatic N) is 2. The minimum Gasteiger partial charge on any atom is -0.338 e. The number of hydrogen-bond donors (Lipinski definition) is 2. The fraction of sp³-hybridized carbons (Fsp3) is 0. The number of benzene rings is 2. The highest BCUT2D eigenvalue weighted by Gasteiger charge is 2.10. The summed E-state index contributed by atoms with van der Waals surface area (Å²) >= 11 is 6.10. The van der Waals surface area contributed by atoms with Gasteiger partial charge in [0.1, 0.15) is 5.82 Å². The Kier molecular flexibility index (Phi) is 4.68. The first kappa shape index (κ1) is 17.0. The van der Waals surface area contributed by atoms with E-state index in [1.165, 1.54) is 0 Å². The summed E-state index contributed by atoms with van der Waals surface area (Å²) in [7, 11) is 0. The maximum Gasteiger partial charge on any atom is 0.255 e. The van der Waals surface area contributed by atoms with Crippen LogP contribution in [-0.4, -0.2) is 15.9 Å². The summed E-state index contributed by atoms with van der Waals surface area (Å²) < 4.78 is 0. The topological polar surface area (TPSA) is 66.9 Å². The van der Waals surface area contributed by atoms with Crippen molar-refractivity contribution >= 4 is 45.6 Å². The average molecular weight is 375 g/mol. The number of fused-ring (bicyclic) bond motifs is 1. The fourth-order valence-electron chi connectivity index (χ4n) is 2.74. The molecule has 1 amide bonds. The lowest BCUT2D eigenvalue weighted by Crippen LogP contribution is -2.12. The molecule has 0 spiro atoms. The lowest BCUT2D eigenvalue weighted by atomic mass is 10.2. The van der Waals surface area contributed by atoms with E-state index in [0.29, 0.717) is 22.1 Å². The van der Waals surface area contributed by atoms with E-state index in [0.717, 1.165) is 16.6 Å². The van der Waals surface area contributed by atoms with Gasteiger partial charge in [0.15, 0.2) is 0 Å². The number of aromatic nitrogens is 2. The number of hydrogen-bond acceptors (Lipinski definition) is 4. The van der Waals surface area contributed by atoms with Crippen molar-refractivity contribution < 1.29 is 4.79 Å². The van der Waals surface area contributed by atoms with E-state index >= 15 is 0 Å². The molecule has 4 aromatic rings. The van der Waals surface area contributed by atoms with E-state index in [1.807, 2.05) is 42.5 Å². The molecule has 2 N–H and O–H groups in total. The number of carbonyl (C=O) groups is 1. The van der Waals surface area contributed by atoms with Gasteiger partial charge in [-0.3, -0.25) is 9.78 Å². The predicted octanol–water partition coefficient (Wildman–Crippen LogP) is 5.28. The van der Waals surface area contributed by atoms with Crippen LogP contribution in [0.5, 0.6) is 0 Å². The van der Waals surface area contributed by atoms with E-state index in [1.54, 1.807) is 36.7 Å². The van der Waals surface area contributed by atoms with Gasteiger partial charge in [0.2, 0.25) is 0 Å². The van der Waals surface area contributed by atoms with Gasteiger partial charge in [0, 0.05) is 23.3 Å². The molecule has 0 saturated carbocycles. The van der Waals surface area contributed by atoms with E-state index in [2.05, 4.69) is 20.6 Å². The van der Waals surface area contributed by atoms with E-state index in [4.69, 9.17) is 11.6 Å². The number of para-hydroxylation sites is 2. The second kappa shape index (κ2) is 7.43. The Bertz CT molecular complexity index is 1120. The van der Waals surface area contributed by atoms with Gasteiger partial charge in [-0.2, -0.15) is 0 Å². The molecule has 2 heterocycles. The molecule has 0 radical (unpaired) electrons. The molecule has 0 saturated heterocycles. The first-order valence-corrected chi connectivity index (χ1v) is 8.71. The first-order chi connectivity index (χ1) is 13.2. The van der Waals surface area contributed by atoms with Crippen LogP contribution in [-0.2, 0) is 0 Å². The van der Waals surface area contributed by atoms with Gasteiger partial charge in [-0.15, -0.1) is 0 Å². The number of anilines is 3. The van der Waals surface area contributed by atoms with Gasteiger partial charge >= 0.3 is 0 Å². The van der Waals surface area contributed by atoms with Crippen molar-refractivity contribution in [2.75, 3.05) is 10.6 Å². The van der Waals surface area contributed by atoms with Crippen molar-refractivity contribution in [3.63, 3.8) is 0 Å². The van der Waals surface area contributed by atoms with Crippen molar-refractivity contribution in [1.29, 1.82) is 0 Å². The third kappa shape index (κ3) is 3.73. The molecule has 132 valence electrons. The van der Waals surface area contributed by atoms with Crippen molar-refractivity contribution in [2.45, 2.75) is 0 Å². The minimum absolute atomic E-state index is 0.260. The molecule has 0 unspecified atom stereocenters.